The van der Waals surface area contributed by atoms with Crippen LogP contribution < -0.4 is 14.8 Å². The van der Waals surface area contributed by atoms with Gasteiger partial charge in [0.2, 0.25) is 0 Å². The van der Waals surface area contributed by atoms with Gasteiger partial charge in [-0.15, -0.1) is 0 Å². The number of anilines is 1. The van der Waals surface area contributed by atoms with Gasteiger partial charge in [0, 0.05) is 12.1 Å². The second kappa shape index (κ2) is 6.75. The first-order valence-corrected chi connectivity index (χ1v) is 6.57. The number of benzene rings is 1. The molecule has 5 nitrogen and oxygen atoms in total. The highest BCUT2D eigenvalue weighted by molar-refractivity contribution is 5.73. The summed E-state index contributed by atoms with van der Waals surface area (Å²) in [5.74, 6) is 2.14. The van der Waals surface area contributed by atoms with Crippen LogP contribution in [0.2, 0.25) is 0 Å². The maximum atomic E-state index is 5.47. The van der Waals surface area contributed by atoms with E-state index in [0.717, 1.165) is 30.0 Å². The fourth-order valence-electron chi connectivity index (χ4n) is 1.91. The first kappa shape index (κ1) is 14.1. The summed E-state index contributed by atoms with van der Waals surface area (Å²) in [5, 5.41) is 3.25. The molecule has 0 fully saturated rings. The number of hydrogen-bond acceptors (Lipinski definition) is 5. The average molecular weight is 273 g/mol. The lowest BCUT2D eigenvalue weighted by Gasteiger charge is -2.13. The first-order valence-electron chi connectivity index (χ1n) is 6.57. The summed E-state index contributed by atoms with van der Waals surface area (Å²) < 4.78 is 10.7. The third kappa shape index (κ3) is 2.99. The molecule has 0 aliphatic carbocycles. The molecule has 1 aromatic heterocycles. The standard InChI is InChI=1S/C15H19N3O2/c1-4-8-16-15-14(20-3)13(17-10-18-15)11-6-5-7-12(9-11)19-2/h5-7,9-10H,4,8H2,1-3H3,(H,16,17,18). The number of nitrogens with zero attached hydrogens (tertiary/aromatic N) is 2. The molecule has 1 heterocycles. The van der Waals surface area contributed by atoms with Crippen molar-refractivity contribution in [1.29, 1.82) is 0 Å². The minimum absolute atomic E-state index is 0.647. The topological polar surface area (TPSA) is 56.3 Å². The maximum Gasteiger partial charge on any atom is 0.187 e. The van der Waals surface area contributed by atoms with E-state index in [1.807, 2.05) is 24.3 Å². The molecule has 20 heavy (non-hydrogen) atoms. The lowest BCUT2D eigenvalue weighted by atomic mass is 10.1. The average Bonchev–Trinajstić information content (AvgIpc) is 2.52. The highest BCUT2D eigenvalue weighted by Gasteiger charge is 2.13. The van der Waals surface area contributed by atoms with E-state index in [9.17, 15) is 0 Å². The summed E-state index contributed by atoms with van der Waals surface area (Å²) in [6.07, 6.45) is 2.55. The van der Waals surface area contributed by atoms with Gasteiger partial charge in [-0.05, 0) is 18.6 Å². The van der Waals surface area contributed by atoms with Crippen LogP contribution in [-0.4, -0.2) is 30.7 Å². The Morgan fingerprint density at radius 2 is 2.00 bits per heavy atom. The van der Waals surface area contributed by atoms with Crippen LogP contribution in [0.5, 0.6) is 11.5 Å². The molecule has 0 atom stereocenters. The molecular formula is C15H19N3O2. The molecule has 2 aromatic rings. The number of methoxy groups -OCH3 is 2. The van der Waals surface area contributed by atoms with Crippen LogP contribution in [0.3, 0.4) is 0 Å². The predicted molar refractivity (Wildman–Crippen MR) is 79.4 cm³/mol. The normalized spacial score (nSPS) is 10.2. The molecule has 1 aromatic carbocycles. The van der Waals surface area contributed by atoms with Crippen molar-refractivity contribution in [3.8, 4) is 22.8 Å². The lowest BCUT2D eigenvalue weighted by Crippen LogP contribution is -2.05. The highest BCUT2D eigenvalue weighted by atomic mass is 16.5. The molecule has 0 saturated heterocycles. The summed E-state index contributed by atoms with van der Waals surface area (Å²) in [6.45, 7) is 2.94. The summed E-state index contributed by atoms with van der Waals surface area (Å²) >= 11 is 0. The number of rotatable bonds is 6. The van der Waals surface area contributed by atoms with Crippen molar-refractivity contribution < 1.29 is 9.47 Å². The fourth-order valence-corrected chi connectivity index (χ4v) is 1.91. The number of ether oxygens (including phenoxy) is 2. The molecule has 106 valence electrons. The molecule has 0 unspecified atom stereocenters. The highest BCUT2D eigenvalue weighted by Crippen LogP contribution is 2.34. The van der Waals surface area contributed by atoms with Gasteiger partial charge in [-0.1, -0.05) is 19.1 Å². The fraction of sp³-hybridized carbons (Fsp3) is 0.333. The van der Waals surface area contributed by atoms with Crippen LogP contribution in [0.4, 0.5) is 5.82 Å². The molecule has 0 spiro atoms. The SMILES string of the molecule is CCCNc1ncnc(-c2cccc(OC)c2)c1OC. The zero-order chi connectivity index (χ0) is 14.4. The van der Waals surface area contributed by atoms with Crippen LogP contribution in [0, 0.1) is 0 Å². The van der Waals surface area contributed by atoms with Gasteiger partial charge >= 0.3 is 0 Å². The minimum atomic E-state index is 0.647. The Bertz CT molecular complexity index is 573. The zero-order valence-electron chi connectivity index (χ0n) is 12.0. The third-order valence-corrected chi connectivity index (χ3v) is 2.89. The van der Waals surface area contributed by atoms with E-state index in [2.05, 4.69) is 22.2 Å². The molecule has 5 heteroatoms. The van der Waals surface area contributed by atoms with Crippen molar-refractivity contribution in [3.05, 3.63) is 30.6 Å². The zero-order valence-corrected chi connectivity index (χ0v) is 12.0. The summed E-state index contributed by atoms with van der Waals surface area (Å²) in [4.78, 5) is 8.57. The molecule has 2 rings (SSSR count). The summed E-state index contributed by atoms with van der Waals surface area (Å²) in [5.41, 5.74) is 1.68. The van der Waals surface area contributed by atoms with Gasteiger partial charge in [0.1, 0.15) is 17.8 Å². The van der Waals surface area contributed by atoms with Gasteiger partial charge in [0.05, 0.1) is 14.2 Å². The first-order chi connectivity index (χ1) is 9.80. The van der Waals surface area contributed by atoms with E-state index >= 15 is 0 Å². The van der Waals surface area contributed by atoms with Gasteiger partial charge in [-0.3, -0.25) is 0 Å². The molecule has 0 amide bonds. The van der Waals surface area contributed by atoms with Crippen LogP contribution in [-0.2, 0) is 0 Å². The largest absolute Gasteiger partial charge is 0.497 e. The van der Waals surface area contributed by atoms with E-state index in [-0.39, 0.29) is 0 Å². The monoisotopic (exact) mass is 273 g/mol. The van der Waals surface area contributed by atoms with E-state index in [1.54, 1.807) is 14.2 Å². The van der Waals surface area contributed by atoms with Crippen molar-refractivity contribution in [1.82, 2.24) is 9.97 Å². The second-order valence-electron chi connectivity index (χ2n) is 4.26. The number of hydrogen-bond donors (Lipinski definition) is 1. The van der Waals surface area contributed by atoms with E-state index in [0.29, 0.717) is 11.6 Å². The van der Waals surface area contributed by atoms with Gasteiger partial charge in [0.15, 0.2) is 11.6 Å². The molecule has 0 bridgehead atoms. The lowest BCUT2D eigenvalue weighted by molar-refractivity contribution is 0.412. The van der Waals surface area contributed by atoms with Crippen molar-refractivity contribution in [2.75, 3.05) is 26.1 Å². The van der Waals surface area contributed by atoms with Gasteiger partial charge in [-0.2, -0.15) is 0 Å². The van der Waals surface area contributed by atoms with E-state index in [1.165, 1.54) is 6.33 Å². The van der Waals surface area contributed by atoms with E-state index in [4.69, 9.17) is 9.47 Å². The van der Waals surface area contributed by atoms with Crippen LogP contribution in [0.1, 0.15) is 13.3 Å². The molecule has 0 radical (unpaired) electrons. The Hall–Kier alpha value is -2.30. The van der Waals surface area contributed by atoms with Crippen molar-refractivity contribution in [3.63, 3.8) is 0 Å². The number of nitrogens with one attached hydrogen (secondary N) is 1. The van der Waals surface area contributed by atoms with E-state index < -0.39 is 0 Å². The maximum absolute atomic E-state index is 5.47. The Morgan fingerprint density at radius 1 is 1.15 bits per heavy atom. The van der Waals surface area contributed by atoms with Gasteiger partial charge < -0.3 is 14.8 Å². The second-order valence-corrected chi connectivity index (χ2v) is 4.26. The summed E-state index contributed by atoms with van der Waals surface area (Å²) in [6, 6.07) is 7.72. The van der Waals surface area contributed by atoms with Crippen LogP contribution >= 0.6 is 0 Å². The minimum Gasteiger partial charge on any atom is -0.497 e. The quantitative estimate of drug-likeness (QED) is 0.876. The van der Waals surface area contributed by atoms with Crippen LogP contribution in [0.25, 0.3) is 11.3 Å². The van der Waals surface area contributed by atoms with Crippen LogP contribution in [0.15, 0.2) is 30.6 Å². The Morgan fingerprint density at radius 3 is 2.70 bits per heavy atom. The van der Waals surface area contributed by atoms with Crippen molar-refractivity contribution in [2.45, 2.75) is 13.3 Å². The molecule has 1 N–H and O–H groups in total. The summed E-state index contributed by atoms with van der Waals surface area (Å²) in [7, 11) is 3.27. The Balaban J connectivity index is 2.44. The Labute approximate surface area is 119 Å². The molecule has 0 aliphatic heterocycles. The smallest absolute Gasteiger partial charge is 0.187 e. The van der Waals surface area contributed by atoms with Crippen molar-refractivity contribution >= 4 is 5.82 Å². The molecule has 0 saturated carbocycles. The Kier molecular flexibility index (Phi) is 4.76. The third-order valence-electron chi connectivity index (χ3n) is 2.89. The van der Waals surface area contributed by atoms with Gasteiger partial charge in [-0.25, -0.2) is 9.97 Å². The van der Waals surface area contributed by atoms with Gasteiger partial charge in [0.25, 0.3) is 0 Å². The van der Waals surface area contributed by atoms with Crippen molar-refractivity contribution in [2.24, 2.45) is 0 Å². The molecule has 0 aliphatic rings. The predicted octanol–water partition coefficient (Wildman–Crippen LogP) is 2.98. The number of aromatic nitrogens is 2. The molecular weight excluding hydrogens is 254 g/mol.